The van der Waals surface area contributed by atoms with E-state index in [4.69, 9.17) is 17.4 Å². The first kappa shape index (κ1) is 18.7. The molecule has 0 aliphatic heterocycles. The molecule has 3 rings (SSSR count). The van der Waals surface area contributed by atoms with Gasteiger partial charge in [-0.2, -0.15) is 5.10 Å². The van der Waals surface area contributed by atoms with Crippen molar-refractivity contribution in [2.75, 3.05) is 16.9 Å². The number of nitrogens with two attached hydrogens (primary N) is 1. The smallest absolute Gasteiger partial charge is 0.271 e. The maximum atomic E-state index is 12.2. The van der Waals surface area contributed by atoms with Crippen molar-refractivity contribution < 1.29 is 4.79 Å². The fourth-order valence-corrected chi connectivity index (χ4v) is 3.62. The van der Waals surface area contributed by atoms with Crippen molar-refractivity contribution in [3.05, 3.63) is 45.1 Å². The van der Waals surface area contributed by atoms with Gasteiger partial charge in [0.2, 0.25) is 11.1 Å². The molecule has 0 atom stereocenters. The largest absolute Gasteiger partial charge is 0.334 e. The SMILES string of the molecule is Cc1cc(C)n(-c2nnc(SCC(=O)Nc3ccc(Br)cc3Cl)n2N)n1. The van der Waals surface area contributed by atoms with Gasteiger partial charge in [0.1, 0.15) is 0 Å². The minimum Gasteiger partial charge on any atom is -0.334 e. The van der Waals surface area contributed by atoms with Gasteiger partial charge in [0, 0.05) is 10.2 Å². The Bertz CT molecular complexity index is 971. The summed E-state index contributed by atoms with van der Waals surface area (Å²) in [6, 6.07) is 7.14. The van der Waals surface area contributed by atoms with Gasteiger partial charge < -0.3 is 11.2 Å². The Balaban J connectivity index is 1.67. The second-order valence-electron chi connectivity index (χ2n) is 5.45. The zero-order valence-electron chi connectivity index (χ0n) is 13.9. The monoisotopic (exact) mass is 455 g/mol. The van der Waals surface area contributed by atoms with Crippen LogP contribution in [0.15, 0.2) is 33.9 Å². The number of rotatable bonds is 5. The topological polar surface area (TPSA) is 104 Å². The Hall–Kier alpha value is -2.04. The number of halogens is 2. The molecule has 26 heavy (non-hydrogen) atoms. The van der Waals surface area contributed by atoms with Gasteiger partial charge in [-0.25, -0.2) is 9.36 Å². The number of hydrogen-bond acceptors (Lipinski definition) is 6. The van der Waals surface area contributed by atoms with Crippen molar-refractivity contribution in [3.63, 3.8) is 0 Å². The first-order valence-electron chi connectivity index (χ1n) is 7.47. The average Bonchev–Trinajstić information content (AvgIpc) is 3.10. The molecule has 0 bridgehead atoms. The molecule has 3 aromatic rings. The first-order valence-corrected chi connectivity index (χ1v) is 9.62. The van der Waals surface area contributed by atoms with E-state index in [-0.39, 0.29) is 11.7 Å². The van der Waals surface area contributed by atoms with Gasteiger partial charge in [-0.15, -0.1) is 10.2 Å². The van der Waals surface area contributed by atoms with Crippen molar-refractivity contribution in [2.45, 2.75) is 19.0 Å². The molecule has 0 aliphatic carbocycles. The summed E-state index contributed by atoms with van der Waals surface area (Å²) >= 11 is 10.6. The summed E-state index contributed by atoms with van der Waals surface area (Å²) in [7, 11) is 0. The molecule has 136 valence electrons. The number of carbonyl (C=O) groups is 1. The van der Waals surface area contributed by atoms with Gasteiger partial charge in [0.15, 0.2) is 0 Å². The van der Waals surface area contributed by atoms with Gasteiger partial charge in [-0.3, -0.25) is 4.79 Å². The number of benzene rings is 1. The van der Waals surface area contributed by atoms with Crippen LogP contribution in [0.25, 0.3) is 5.95 Å². The van der Waals surface area contributed by atoms with Crippen molar-refractivity contribution in [3.8, 4) is 5.95 Å². The Labute approximate surface area is 167 Å². The summed E-state index contributed by atoms with van der Waals surface area (Å²) in [6.07, 6.45) is 0. The summed E-state index contributed by atoms with van der Waals surface area (Å²) < 4.78 is 3.75. The molecule has 2 aromatic heterocycles. The van der Waals surface area contributed by atoms with Crippen molar-refractivity contribution in [1.29, 1.82) is 0 Å². The number of thioether (sulfide) groups is 1. The summed E-state index contributed by atoms with van der Waals surface area (Å²) in [5, 5.41) is 16.0. The summed E-state index contributed by atoms with van der Waals surface area (Å²) in [6.45, 7) is 3.78. The number of hydrogen-bond donors (Lipinski definition) is 2. The van der Waals surface area contributed by atoms with E-state index < -0.39 is 0 Å². The molecule has 0 fully saturated rings. The zero-order valence-corrected chi connectivity index (χ0v) is 17.1. The van der Waals surface area contributed by atoms with Crippen LogP contribution in [0, 0.1) is 13.8 Å². The third-order valence-electron chi connectivity index (χ3n) is 3.38. The molecule has 0 radical (unpaired) electrons. The number of aromatic nitrogens is 5. The molecule has 0 spiro atoms. The third-order valence-corrected chi connectivity index (χ3v) is 5.13. The van der Waals surface area contributed by atoms with E-state index in [1.54, 1.807) is 22.9 Å². The molecule has 2 heterocycles. The Morgan fingerprint density at radius 1 is 1.35 bits per heavy atom. The van der Waals surface area contributed by atoms with Gasteiger partial charge in [0.25, 0.3) is 5.95 Å². The molecule has 1 amide bonds. The van der Waals surface area contributed by atoms with Crippen LogP contribution in [0.5, 0.6) is 0 Å². The Morgan fingerprint density at radius 3 is 2.77 bits per heavy atom. The summed E-state index contributed by atoms with van der Waals surface area (Å²) in [5.74, 6) is 6.31. The van der Waals surface area contributed by atoms with Crippen LogP contribution >= 0.6 is 39.3 Å². The van der Waals surface area contributed by atoms with Crippen LogP contribution < -0.4 is 11.2 Å². The van der Waals surface area contributed by atoms with E-state index >= 15 is 0 Å². The van der Waals surface area contributed by atoms with Crippen LogP contribution in [0.3, 0.4) is 0 Å². The van der Waals surface area contributed by atoms with Crippen LogP contribution in [0.4, 0.5) is 5.69 Å². The maximum absolute atomic E-state index is 12.2. The molecule has 1 aromatic carbocycles. The number of anilines is 1. The number of nitrogens with zero attached hydrogens (tertiary/aromatic N) is 5. The minimum atomic E-state index is -0.227. The minimum absolute atomic E-state index is 0.110. The van der Waals surface area contributed by atoms with E-state index in [0.29, 0.717) is 21.8 Å². The Morgan fingerprint density at radius 2 is 2.12 bits per heavy atom. The lowest BCUT2D eigenvalue weighted by atomic mass is 10.3. The van der Waals surface area contributed by atoms with E-state index in [2.05, 4.69) is 36.5 Å². The molecule has 8 nitrogen and oxygen atoms in total. The molecular formula is C15H15BrClN7OS. The van der Waals surface area contributed by atoms with Crippen LogP contribution in [0.2, 0.25) is 5.02 Å². The van der Waals surface area contributed by atoms with Gasteiger partial charge in [-0.1, -0.05) is 39.3 Å². The predicted octanol–water partition coefficient (Wildman–Crippen LogP) is 2.94. The maximum Gasteiger partial charge on any atom is 0.271 e. The van der Waals surface area contributed by atoms with Crippen molar-refractivity contribution >= 4 is 50.9 Å². The van der Waals surface area contributed by atoms with Gasteiger partial charge in [0.05, 0.1) is 22.2 Å². The van der Waals surface area contributed by atoms with Crippen molar-refractivity contribution in [1.82, 2.24) is 24.7 Å². The molecule has 0 saturated carbocycles. The highest BCUT2D eigenvalue weighted by molar-refractivity contribution is 9.10. The fourth-order valence-electron chi connectivity index (χ4n) is 2.25. The van der Waals surface area contributed by atoms with E-state index in [9.17, 15) is 4.79 Å². The van der Waals surface area contributed by atoms with E-state index in [1.807, 2.05) is 19.9 Å². The lowest BCUT2D eigenvalue weighted by molar-refractivity contribution is -0.113. The highest BCUT2D eigenvalue weighted by Gasteiger charge is 2.16. The normalized spacial score (nSPS) is 10.9. The lowest BCUT2D eigenvalue weighted by Gasteiger charge is -2.07. The van der Waals surface area contributed by atoms with E-state index in [1.165, 1.54) is 16.4 Å². The van der Waals surface area contributed by atoms with Gasteiger partial charge in [-0.05, 0) is 38.1 Å². The third kappa shape index (κ3) is 4.02. The molecule has 3 N–H and O–H groups in total. The highest BCUT2D eigenvalue weighted by atomic mass is 79.9. The summed E-state index contributed by atoms with van der Waals surface area (Å²) in [4.78, 5) is 12.2. The number of carbonyl (C=O) groups excluding carboxylic acids is 1. The van der Waals surface area contributed by atoms with Crippen LogP contribution in [-0.4, -0.2) is 36.3 Å². The number of nitrogen functional groups attached to an aromatic ring is 1. The molecule has 0 saturated heterocycles. The zero-order chi connectivity index (χ0) is 18.8. The highest BCUT2D eigenvalue weighted by Crippen LogP contribution is 2.26. The lowest BCUT2D eigenvalue weighted by Crippen LogP contribution is -2.18. The number of aryl methyl sites for hydroxylation is 2. The first-order chi connectivity index (χ1) is 12.3. The summed E-state index contributed by atoms with van der Waals surface area (Å²) in [5.41, 5.74) is 2.28. The van der Waals surface area contributed by atoms with Crippen LogP contribution in [0.1, 0.15) is 11.4 Å². The standard InChI is InChI=1S/C15H15BrClN7OS/c1-8-5-9(2)24(22-8)14-20-21-15(23(14)18)26-7-13(25)19-12-4-3-10(16)6-11(12)17/h3-6H,7,18H2,1-2H3,(H,19,25). The second kappa shape index (κ2) is 7.68. The average molecular weight is 457 g/mol. The molecule has 0 aliphatic rings. The van der Waals surface area contributed by atoms with Gasteiger partial charge >= 0.3 is 0 Å². The molecule has 0 unspecified atom stereocenters. The fraction of sp³-hybridized carbons (Fsp3) is 0.200. The molecular weight excluding hydrogens is 442 g/mol. The quantitative estimate of drug-likeness (QED) is 0.452. The molecule has 11 heteroatoms. The predicted molar refractivity (Wildman–Crippen MR) is 105 cm³/mol. The number of amides is 1. The van der Waals surface area contributed by atoms with E-state index in [0.717, 1.165) is 15.9 Å². The Kier molecular flexibility index (Phi) is 5.54. The number of nitrogens with one attached hydrogen (secondary N) is 1. The van der Waals surface area contributed by atoms with Crippen LogP contribution in [-0.2, 0) is 4.79 Å². The van der Waals surface area contributed by atoms with Crippen molar-refractivity contribution in [2.24, 2.45) is 0 Å². The second-order valence-corrected chi connectivity index (χ2v) is 7.72.